The first kappa shape index (κ1) is 13.2. The minimum atomic E-state index is -0.392. The molecular weight excluding hydrogens is 268 g/mol. The normalized spacial score (nSPS) is 11.4. The second kappa shape index (κ2) is 5.58. The van der Waals surface area contributed by atoms with E-state index in [2.05, 4.69) is 10.5 Å². The van der Waals surface area contributed by atoms with E-state index < -0.39 is 5.91 Å². The highest BCUT2D eigenvalue weighted by Crippen LogP contribution is 2.21. The van der Waals surface area contributed by atoms with E-state index >= 15 is 0 Å². The minimum absolute atomic E-state index is 0.0301. The topological polar surface area (TPSA) is 74.8 Å². The lowest BCUT2D eigenvalue weighted by atomic mass is 10.1. The third-order valence-electron chi connectivity index (χ3n) is 2.58. The number of amides is 1. The van der Waals surface area contributed by atoms with Gasteiger partial charge in [0.25, 0.3) is 5.91 Å². The summed E-state index contributed by atoms with van der Waals surface area (Å²) in [6.07, 6.45) is 1.34. The third-order valence-corrected chi connectivity index (χ3v) is 2.87. The highest BCUT2D eigenvalue weighted by molar-refractivity contribution is 6.32. The molecule has 6 heteroatoms. The lowest BCUT2D eigenvalue weighted by molar-refractivity contribution is 0.102. The van der Waals surface area contributed by atoms with Crippen LogP contribution in [-0.4, -0.2) is 16.8 Å². The van der Waals surface area contributed by atoms with Crippen molar-refractivity contribution in [2.75, 3.05) is 5.32 Å². The molecule has 1 amide bonds. The lowest BCUT2D eigenvalue weighted by Gasteiger charge is -2.09. The molecular formula is C13H11ClN2O3. The summed E-state index contributed by atoms with van der Waals surface area (Å²) in [6, 6.07) is 8.47. The number of oxime groups is 1. The number of nitrogens with zero attached hydrogens (tertiary/aromatic N) is 1. The monoisotopic (exact) mass is 278 g/mol. The second-order valence-corrected chi connectivity index (χ2v) is 4.14. The quantitative estimate of drug-likeness (QED) is 0.513. The standard InChI is InChI=1S/C13H11ClN2O3/c1-8(16-18)9-4-2-3-5-11(9)15-13(17)10-6-7-19-12(10)14/h2-7,18H,1H3,(H,15,17)/b16-8-. The van der Waals surface area contributed by atoms with Crippen molar-refractivity contribution in [2.45, 2.75) is 6.92 Å². The highest BCUT2D eigenvalue weighted by Gasteiger charge is 2.15. The predicted molar refractivity (Wildman–Crippen MR) is 72.1 cm³/mol. The van der Waals surface area contributed by atoms with E-state index in [1.165, 1.54) is 12.3 Å². The van der Waals surface area contributed by atoms with Crippen LogP contribution >= 0.6 is 11.6 Å². The van der Waals surface area contributed by atoms with Crippen LogP contribution in [0.1, 0.15) is 22.8 Å². The van der Waals surface area contributed by atoms with Gasteiger partial charge in [-0.25, -0.2) is 0 Å². The number of hydrogen-bond acceptors (Lipinski definition) is 4. The largest absolute Gasteiger partial charge is 0.452 e. The van der Waals surface area contributed by atoms with Crippen molar-refractivity contribution in [2.24, 2.45) is 5.16 Å². The van der Waals surface area contributed by atoms with E-state index in [1.54, 1.807) is 31.2 Å². The van der Waals surface area contributed by atoms with Crippen LogP contribution in [0.25, 0.3) is 0 Å². The van der Waals surface area contributed by atoms with Gasteiger partial charge < -0.3 is 14.9 Å². The minimum Gasteiger partial charge on any atom is -0.452 e. The Morgan fingerprint density at radius 3 is 2.68 bits per heavy atom. The van der Waals surface area contributed by atoms with Crippen LogP contribution in [0.5, 0.6) is 0 Å². The van der Waals surface area contributed by atoms with Crippen LogP contribution in [0.3, 0.4) is 0 Å². The molecule has 0 bridgehead atoms. The first-order chi connectivity index (χ1) is 9.13. The number of benzene rings is 1. The molecule has 98 valence electrons. The Bertz CT molecular complexity index is 634. The summed E-state index contributed by atoms with van der Waals surface area (Å²) in [5.74, 6) is -0.392. The Morgan fingerprint density at radius 1 is 1.32 bits per heavy atom. The molecule has 1 heterocycles. The highest BCUT2D eigenvalue weighted by atomic mass is 35.5. The molecule has 0 aliphatic rings. The fourth-order valence-corrected chi connectivity index (χ4v) is 1.81. The van der Waals surface area contributed by atoms with Crippen molar-refractivity contribution < 1.29 is 14.4 Å². The van der Waals surface area contributed by atoms with E-state index in [0.717, 1.165) is 0 Å². The maximum atomic E-state index is 12.0. The van der Waals surface area contributed by atoms with Gasteiger partial charge >= 0.3 is 0 Å². The zero-order chi connectivity index (χ0) is 13.8. The molecule has 2 rings (SSSR count). The van der Waals surface area contributed by atoms with Crippen molar-refractivity contribution in [1.82, 2.24) is 0 Å². The molecule has 0 saturated heterocycles. The average Bonchev–Trinajstić information content (AvgIpc) is 2.85. The molecule has 0 saturated carbocycles. The maximum Gasteiger partial charge on any atom is 0.260 e. The van der Waals surface area contributed by atoms with Gasteiger partial charge in [0.1, 0.15) is 0 Å². The van der Waals surface area contributed by atoms with Crippen molar-refractivity contribution in [3.05, 3.63) is 52.9 Å². The fraction of sp³-hybridized carbons (Fsp3) is 0.0769. The van der Waals surface area contributed by atoms with Crippen molar-refractivity contribution in [1.29, 1.82) is 0 Å². The van der Waals surface area contributed by atoms with Gasteiger partial charge in [-0.15, -0.1) is 0 Å². The number of para-hydroxylation sites is 1. The van der Waals surface area contributed by atoms with E-state index in [0.29, 0.717) is 17.0 Å². The smallest absolute Gasteiger partial charge is 0.260 e. The van der Waals surface area contributed by atoms with E-state index in [1.807, 2.05) is 0 Å². The summed E-state index contributed by atoms with van der Waals surface area (Å²) in [4.78, 5) is 12.0. The molecule has 0 fully saturated rings. The molecule has 0 atom stereocenters. The Hall–Kier alpha value is -2.27. The summed E-state index contributed by atoms with van der Waals surface area (Å²) in [5, 5.41) is 14.7. The van der Waals surface area contributed by atoms with Crippen molar-refractivity contribution in [3.63, 3.8) is 0 Å². The molecule has 0 radical (unpaired) electrons. The predicted octanol–water partition coefficient (Wildman–Crippen LogP) is 3.38. The molecule has 5 nitrogen and oxygen atoms in total. The van der Waals surface area contributed by atoms with Crippen molar-refractivity contribution >= 4 is 28.9 Å². The van der Waals surface area contributed by atoms with Crippen molar-refractivity contribution in [3.8, 4) is 0 Å². The van der Waals surface area contributed by atoms with E-state index in [-0.39, 0.29) is 10.8 Å². The number of halogens is 1. The summed E-state index contributed by atoms with van der Waals surface area (Å²) >= 11 is 5.74. The fourth-order valence-electron chi connectivity index (χ4n) is 1.61. The first-order valence-electron chi connectivity index (χ1n) is 5.46. The molecule has 2 N–H and O–H groups in total. The summed E-state index contributed by atoms with van der Waals surface area (Å²) in [7, 11) is 0. The van der Waals surface area contributed by atoms with Gasteiger partial charge in [-0.2, -0.15) is 0 Å². The van der Waals surface area contributed by atoms with Crippen LogP contribution in [0.15, 0.2) is 46.2 Å². The van der Waals surface area contributed by atoms with Gasteiger partial charge in [0.15, 0.2) is 0 Å². The molecule has 2 aromatic rings. The van der Waals surface area contributed by atoms with E-state index in [4.69, 9.17) is 21.2 Å². The van der Waals surface area contributed by atoms with Gasteiger partial charge in [-0.05, 0) is 30.7 Å². The van der Waals surface area contributed by atoms with Crippen LogP contribution < -0.4 is 5.32 Å². The van der Waals surface area contributed by atoms with Crippen LogP contribution in [0, 0.1) is 0 Å². The molecule has 0 aliphatic heterocycles. The number of rotatable bonds is 3. The summed E-state index contributed by atoms with van der Waals surface area (Å²) in [6.45, 7) is 1.63. The van der Waals surface area contributed by atoms with Gasteiger partial charge in [0.05, 0.1) is 23.2 Å². The molecule has 0 spiro atoms. The number of carbonyl (C=O) groups excluding carboxylic acids is 1. The molecule has 1 aromatic carbocycles. The lowest BCUT2D eigenvalue weighted by Crippen LogP contribution is -2.14. The van der Waals surface area contributed by atoms with Gasteiger partial charge in [-0.1, -0.05) is 23.4 Å². The molecule has 0 aliphatic carbocycles. The second-order valence-electron chi connectivity index (χ2n) is 3.79. The molecule has 0 unspecified atom stereocenters. The summed E-state index contributed by atoms with van der Waals surface area (Å²) in [5.41, 5.74) is 1.79. The third kappa shape index (κ3) is 2.77. The molecule has 1 aromatic heterocycles. The maximum absolute atomic E-state index is 12.0. The first-order valence-corrected chi connectivity index (χ1v) is 5.83. The van der Waals surface area contributed by atoms with Crippen LogP contribution in [0.4, 0.5) is 5.69 Å². The zero-order valence-electron chi connectivity index (χ0n) is 10.1. The Morgan fingerprint density at radius 2 is 2.05 bits per heavy atom. The Labute approximate surface area is 114 Å². The van der Waals surface area contributed by atoms with Gasteiger partial charge in [-0.3, -0.25) is 4.79 Å². The average molecular weight is 279 g/mol. The van der Waals surface area contributed by atoms with Crippen LogP contribution in [-0.2, 0) is 0 Å². The Kier molecular flexibility index (Phi) is 3.87. The number of carbonyl (C=O) groups is 1. The summed E-state index contributed by atoms with van der Waals surface area (Å²) < 4.78 is 4.86. The van der Waals surface area contributed by atoms with Gasteiger partial charge in [0.2, 0.25) is 5.22 Å². The Balaban J connectivity index is 2.30. The van der Waals surface area contributed by atoms with Gasteiger partial charge in [0, 0.05) is 5.56 Å². The van der Waals surface area contributed by atoms with E-state index in [9.17, 15) is 4.79 Å². The molecule has 19 heavy (non-hydrogen) atoms. The number of nitrogens with one attached hydrogen (secondary N) is 1. The SMILES string of the molecule is C/C(=N/O)c1ccccc1NC(=O)c1ccoc1Cl. The number of hydrogen-bond donors (Lipinski definition) is 2. The van der Waals surface area contributed by atoms with Crippen LogP contribution in [0.2, 0.25) is 5.22 Å². The number of anilines is 1. The zero-order valence-corrected chi connectivity index (χ0v) is 10.8. The number of furan rings is 1.